The van der Waals surface area contributed by atoms with Gasteiger partial charge >= 0.3 is 5.97 Å². The van der Waals surface area contributed by atoms with Crippen LogP contribution in [0.4, 0.5) is 0 Å². The number of imidazole rings is 1. The Bertz CT molecular complexity index is 477. The molecule has 1 fully saturated rings. The molecule has 0 amide bonds. The van der Waals surface area contributed by atoms with Gasteiger partial charge in [-0.15, -0.1) is 0 Å². The Balaban J connectivity index is 1.64. The summed E-state index contributed by atoms with van der Waals surface area (Å²) in [6.45, 7) is 4.36. The minimum atomic E-state index is -0.737. The van der Waals surface area contributed by atoms with Gasteiger partial charge in [-0.05, 0) is 38.8 Å². The maximum absolute atomic E-state index is 11.3. The standard InChI is InChI=1S/C15H23N3O2/c19-15(20)13-5-4-9-18-11-12(16-14(13)18)6-10-17-7-2-1-3-8-17/h11,13H,1-10H2,(H,19,20). The third kappa shape index (κ3) is 2.87. The Morgan fingerprint density at radius 3 is 2.80 bits per heavy atom. The first-order valence-corrected chi connectivity index (χ1v) is 7.75. The summed E-state index contributed by atoms with van der Waals surface area (Å²) in [6, 6.07) is 0. The third-order valence-corrected chi connectivity index (χ3v) is 4.49. The van der Waals surface area contributed by atoms with Crippen LogP contribution in [0, 0.1) is 0 Å². The number of hydrogen-bond acceptors (Lipinski definition) is 3. The lowest BCUT2D eigenvalue weighted by atomic mass is 9.99. The van der Waals surface area contributed by atoms with Gasteiger partial charge < -0.3 is 14.6 Å². The van der Waals surface area contributed by atoms with Crippen molar-refractivity contribution in [2.24, 2.45) is 0 Å². The number of rotatable bonds is 4. The lowest BCUT2D eigenvalue weighted by molar-refractivity contribution is -0.139. The van der Waals surface area contributed by atoms with Gasteiger partial charge in [-0.1, -0.05) is 6.42 Å². The first-order chi connectivity index (χ1) is 9.74. The van der Waals surface area contributed by atoms with E-state index in [2.05, 4.69) is 16.1 Å². The zero-order valence-electron chi connectivity index (χ0n) is 11.9. The fourth-order valence-corrected chi connectivity index (χ4v) is 3.35. The topological polar surface area (TPSA) is 58.4 Å². The van der Waals surface area contributed by atoms with Gasteiger partial charge in [-0.3, -0.25) is 4.79 Å². The average Bonchev–Trinajstić information content (AvgIpc) is 2.88. The van der Waals surface area contributed by atoms with Crippen molar-refractivity contribution in [2.45, 2.75) is 51.0 Å². The number of likely N-dealkylation sites (tertiary alicyclic amines) is 1. The van der Waals surface area contributed by atoms with E-state index in [4.69, 9.17) is 0 Å². The monoisotopic (exact) mass is 277 g/mol. The summed E-state index contributed by atoms with van der Waals surface area (Å²) in [5.74, 6) is -0.385. The molecule has 0 aromatic carbocycles. The van der Waals surface area contributed by atoms with Crippen molar-refractivity contribution >= 4 is 5.97 Å². The molecule has 0 radical (unpaired) electrons. The number of piperidine rings is 1. The molecular weight excluding hydrogens is 254 g/mol. The molecule has 2 aliphatic rings. The van der Waals surface area contributed by atoms with Gasteiger partial charge in [0.25, 0.3) is 0 Å². The van der Waals surface area contributed by atoms with E-state index in [1.807, 2.05) is 4.57 Å². The van der Waals surface area contributed by atoms with Crippen LogP contribution in [0.25, 0.3) is 0 Å². The van der Waals surface area contributed by atoms with Crippen LogP contribution in [0.3, 0.4) is 0 Å². The van der Waals surface area contributed by atoms with Crippen LogP contribution < -0.4 is 0 Å². The Morgan fingerprint density at radius 2 is 2.05 bits per heavy atom. The summed E-state index contributed by atoms with van der Waals surface area (Å²) < 4.78 is 2.05. The minimum absolute atomic E-state index is 0.410. The maximum Gasteiger partial charge on any atom is 0.314 e. The largest absolute Gasteiger partial charge is 0.481 e. The third-order valence-electron chi connectivity index (χ3n) is 4.49. The minimum Gasteiger partial charge on any atom is -0.481 e. The molecule has 2 aliphatic heterocycles. The predicted octanol–water partition coefficient (Wildman–Crippen LogP) is 1.87. The lowest BCUT2D eigenvalue weighted by Crippen LogP contribution is -2.31. The molecule has 1 aromatic rings. The highest BCUT2D eigenvalue weighted by molar-refractivity contribution is 5.75. The molecule has 1 N–H and O–H groups in total. The molecule has 5 nitrogen and oxygen atoms in total. The number of aromatic nitrogens is 2. The van der Waals surface area contributed by atoms with Gasteiger partial charge in [-0.25, -0.2) is 4.98 Å². The second kappa shape index (κ2) is 5.95. The molecule has 0 bridgehead atoms. The molecule has 1 saturated heterocycles. The molecule has 1 aromatic heterocycles. The number of carbonyl (C=O) groups is 1. The SMILES string of the molecule is O=C(O)C1CCCn2cc(CCN3CCCCC3)nc21. The second-order valence-electron chi connectivity index (χ2n) is 5.97. The molecule has 0 aliphatic carbocycles. The second-order valence-corrected chi connectivity index (χ2v) is 5.97. The van der Waals surface area contributed by atoms with E-state index in [0.717, 1.165) is 43.9 Å². The maximum atomic E-state index is 11.3. The molecular formula is C15H23N3O2. The van der Waals surface area contributed by atoms with E-state index in [1.165, 1.54) is 32.4 Å². The van der Waals surface area contributed by atoms with E-state index >= 15 is 0 Å². The van der Waals surface area contributed by atoms with Crippen LogP contribution in [0.15, 0.2) is 6.20 Å². The summed E-state index contributed by atoms with van der Waals surface area (Å²) >= 11 is 0. The van der Waals surface area contributed by atoms with Gasteiger partial charge in [0.2, 0.25) is 0 Å². The quantitative estimate of drug-likeness (QED) is 0.913. The van der Waals surface area contributed by atoms with Crippen LogP contribution in [-0.2, 0) is 17.8 Å². The van der Waals surface area contributed by atoms with Gasteiger partial charge in [-0.2, -0.15) is 0 Å². The summed E-state index contributed by atoms with van der Waals surface area (Å²) in [4.78, 5) is 18.4. The molecule has 20 heavy (non-hydrogen) atoms. The van der Waals surface area contributed by atoms with E-state index in [0.29, 0.717) is 0 Å². The fraction of sp³-hybridized carbons (Fsp3) is 0.733. The van der Waals surface area contributed by atoms with Crippen molar-refractivity contribution in [1.82, 2.24) is 14.5 Å². The van der Waals surface area contributed by atoms with Gasteiger partial charge in [0.1, 0.15) is 11.7 Å². The van der Waals surface area contributed by atoms with Crippen LogP contribution in [0.5, 0.6) is 0 Å². The summed E-state index contributed by atoms with van der Waals surface area (Å²) in [7, 11) is 0. The van der Waals surface area contributed by atoms with Gasteiger partial charge in [0.05, 0.1) is 5.69 Å². The zero-order chi connectivity index (χ0) is 13.9. The number of aliphatic carboxylic acids is 1. The fourth-order valence-electron chi connectivity index (χ4n) is 3.35. The molecule has 0 saturated carbocycles. The first-order valence-electron chi connectivity index (χ1n) is 7.75. The first kappa shape index (κ1) is 13.6. The highest BCUT2D eigenvalue weighted by Gasteiger charge is 2.28. The van der Waals surface area contributed by atoms with Crippen molar-refractivity contribution < 1.29 is 9.90 Å². The Kier molecular flexibility index (Phi) is 4.05. The van der Waals surface area contributed by atoms with E-state index < -0.39 is 11.9 Å². The van der Waals surface area contributed by atoms with E-state index in [9.17, 15) is 9.90 Å². The molecule has 110 valence electrons. The number of carboxylic acid groups (broad SMARTS) is 1. The smallest absolute Gasteiger partial charge is 0.314 e. The number of fused-ring (bicyclic) bond motifs is 1. The summed E-state index contributed by atoms with van der Waals surface area (Å²) in [6.07, 6.45) is 8.63. The van der Waals surface area contributed by atoms with Crippen LogP contribution in [-0.4, -0.2) is 45.2 Å². The molecule has 1 unspecified atom stereocenters. The van der Waals surface area contributed by atoms with Crippen LogP contribution >= 0.6 is 0 Å². The molecule has 5 heteroatoms. The lowest BCUT2D eigenvalue weighted by Gasteiger charge is -2.25. The molecule has 3 rings (SSSR count). The van der Waals surface area contributed by atoms with Crippen molar-refractivity contribution in [3.8, 4) is 0 Å². The summed E-state index contributed by atoms with van der Waals surface area (Å²) in [5, 5.41) is 9.27. The molecule has 0 spiro atoms. The number of hydrogen-bond donors (Lipinski definition) is 1. The predicted molar refractivity (Wildman–Crippen MR) is 75.8 cm³/mol. The molecule has 3 heterocycles. The Morgan fingerprint density at radius 1 is 1.25 bits per heavy atom. The van der Waals surface area contributed by atoms with Crippen LogP contribution in [0.1, 0.15) is 49.5 Å². The van der Waals surface area contributed by atoms with E-state index in [1.54, 1.807) is 0 Å². The van der Waals surface area contributed by atoms with Gasteiger partial charge in [0, 0.05) is 25.7 Å². The van der Waals surface area contributed by atoms with Crippen molar-refractivity contribution in [3.05, 3.63) is 17.7 Å². The van der Waals surface area contributed by atoms with Crippen molar-refractivity contribution in [3.63, 3.8) is 0 Å². The van der Waals surface area contributed by atoms with Crippen molar-refractivity contribution in [1.29, 1.82) is 0 Å². The van der Waals surface area contributed by atoms with E-state index in [-0.39, 0.29) is 0 Å². The normalized spacial score (nSPS) is 23.5. The number of nitrogens with zero attached hydrogens (tertiary/aromatic N) is 3. The zero-order valence-corrected chi connectivity index (χ0v) is 11.9. The molecule has 1 atom stereocenters. The highest BCUT2D eigenvalue weighted by atomic mass is 16.4. The Labute approximate surface area is 119 Å². The number of aryl methyl sites for hydroxylation is 1. The average molecular weight is 277 g/mol. The van der Waals surface area contributed by atoms with Crippen molar-refractivity contribution in [2.75, 3.05) is 19.6 Å². The van der Waals surface area contributed by atoms with Gasteiger partial charge in [0.15, 0.2) is 0 Å². The Hall–Kier alpha value is -1.36. The summed E-state index contributed by atoms with van der Waals surface area (Å²) in [5.41, 5.74) is 1.05. The highest BCUT2D eigenvalue weighted by Crippen LogP contribution is 2.27. The number of carboxylic acids is 1. The van der Waals surface area contributed by atoms with Crippen LogP contribution in [0.2, 0.25) is 0 Å².